The third-order valence-corrected chi connectivity index (χ3v) is 4.82. The lowest BCUT2D eigenvalue weighted by molar-refractivity contribution is 0.104. The van der Waals surface area contributed by atoms with Crippen molar-refractivity contribution in [1.82, 2.24) is 4.90 Å². The smallest absolute Gasteiger partial charge is 0.193 e. The monoisotopic (exact) mass is 392 g/mol. The number of nitroso groups, excluding NO2 is 1. The van der Waals surface area contributed by atoms with Gasteiger partial charge in [-0.1, -0.05) is 24.3 Å². The molecule has 0 atom stereocenters. The predicted molar refractivity (Wildman–Crippen MR) is 111 cm³/mol. The number of carbonyl (C=O) groups is 2. The van der Waals surface area contributed by atoms with Gasteiger partial charge in [-0.05, 0) is 54.1 Å². The number of hydrogen-bond acceptors (Lipinski definition) is 7. The first-order chi connectivity index (χ1) is 13.9. The lowest BCUT2D eigenvalue weighted by Gasteiger charge is -2.24. The Morgan fingerprint density at radius 1 is 1.24 bits per heavy atom. The summed E-state index contributed by atoms with van der Waals surface area (Å²) in [6, 6.07) is 7.53. The van der Waals surface area contributed by atoms with E-state index in [9.17, 15) is 24.7 Å². The van der Waals surface area contributed by atoms with E-state index in [4.69, 9.17) is 0 Å². The third-order valence-electron chi connectivity index (χ3n) is 4.82. The van der Waals surface area contributed by atoms with E-state index in [1.165, 1.54) is 30.4 Å². The van der Waals surface area contributed by atoms with Crippen LogP contribution < -0.4 is 0 Å². The predicted octanol–water partition coefficient (Wildman–Crippen LogP) is 3.92. The molecule has 0 bridgehead atoms. The van der Waals surface area contributed by atoms with Gasteiger partial charge in [-0.3, -0.25) is 9.59 Å². The van der Waals surface area contributed by atoms with Crippen molar-refractivity contribution in [2.45, 2.75) is 6.42 Å². The van der Waals surface area contributed by atoms with Gasteiger partial charge in [0.2, 0.25) is 0 Å². The molecule has 0 saturated heterocycles. The fraction of sp³-hybridized carbons (Fsp3) is 0.182. The summed E-state index contributed by atoms with van der Waals surface area (Å²) in [5, 5.41) is 23.9. The number of aromatic hydroxyl groups is 2. The molecule has 1 heterocycles. The van der Waals surface area contributed by atoms with Crippen LogP contribution in [0.3, 0.4) is 0 Å². The number of nitrogens with zero attached hydrogens (tertiary/aromatic N) is 2. The number of benzene rings is 2. The Balaban J connectivity index is 2.01. The average molecular weight is 392 g/mol. The van der Waals surface area contributed by atoms with E-state index < -0.39 is 17.3 Å². The second-order valence-electron chi connectivity index (χ2n) is 6.83. The number of allylic oxidation sites excluding steroid dienone is 1. The van der Waals surface area contributed by atoms with Crippen LogP contribution in [-0.4, -0.2) is 47.3 Å². The molecule has 148 valence electrons. The van der Waals surface area contributed by atoms with Crippen molar-refractivity contribution >= 4 is 29.4 Å². The molecule has 0 spiro atoms. The SMILES string of the molecule is CN1CC=C(c2c(C=O)cc(O)c(C(=O)/C=C/c3cccc(N=O)c3)c2O)CC1. The molecule has 2 aromatic carbocycles. The lowest BCUT2D eigenvalue weighted by atomic mass is 9.90. The molecular formula is C22H20N2O5. The molecule has 2 N–H and O–H groups in total. The average Bonchev–Trinajstić information content (AvgIpc) is 2.73. The summed E-state index contributed by atoms with van der Waals surface area (Å²) >= 11 is 0. The van der Waals surface area contributed by atoms with Crippen LogP contribution in [0.5, 0.6) is 11.5 Å². The van der Waals surface area contributed by atoms with Crippen LogP contribution in [0.15, 0.2) is 47.7 Å². The van der Waals surface area contributed by atoms with Crippen molar-refractivity contribution in [3.63, 3.8) is 0 Å². The summed E-state index contributed by atoms with van der Waals surface area (Å²) in [7, 11) is 1.96. The Bertz CT molecular complexity index is 1040. The number of hydrogen-bond donors (Lipinski definition) is 2. The molecule has 0 unspecified atom stereocenters. The number of phenols is 2. The second kappa shape index (κ2) is 8.62. The Morgan fingerprint density at radius 2 is 2.03 bits per heavy atom. The van der Waals surface area contributed by atoms with Gasteiger partial charge in [0, 0.05) is 24.2 Å². The quantitative estimate of drug-likeness (QED) is 0.334. The highest BCUT2D eigenvalue weighted by molar-refractivity contribution is 6.12. The van der Waals surface area contributed by atoms with E-state index in [0.29, 0.717) is 24.8 Å². The molecule has 0 aromatic heterocycles. The third kappa shape index (κ3) is 4.30. The van der Waals surface area contributed by atoms with Crippen LogP contribution in [0.4, 0.5) is 5.69 Å². The summed E-state index contributed by atoms with van der Waals surface area (Å²) < 4.78 is 0. The Labute approximate surface area is 167 Å². The van der Waals surface area contributed by atoms with E-state index in [-0.39, 0.29) is 22.4 Å². The van der Waals surface area contributed by atoms with Gasteiger partial charge in [0.25, 0.3) is 0 Å². The minimum Gasteiger partial charge on any atom is -0.507 e. The zero-order valence-corrected chi connectivity index (χ0v) is 15.8. The lowest BCUT2D eigenvalue weighted by Crippen LogP contribution is -2.24. The molecular weight excluding hydrogens is 372 g/mol. The van der Waals surface area contributed by atoms with E-state index >= 15 is 0 Å². The summed E-state index contributed by atoms with van der Waals surface area (Å²) in [6.45, 7) is 1.40. The standard InChI is InChI=1S/C22H20N2O5/c1-24-9-7-15(8-10-24)20-16(13-25)12-19(27)21(22(20)28)18(26)6-5-14-3-2-4-17(11-14)23-29/h2-7,11-13,27-28H,8-10H2,1H3/b6-5+. The van der Waals surface area contributed by atoms with Gasteiger partial charge in [0.05, 0.1) is 0 Å². The van der Waals surface area contributed by atoms with Gasteiger partial charge in [-0.2, -0.15) is 0 Å². The number of aldehydes is 1. The van der Waals surface area contributed by atoms with Gasteiger partial charge in [0.15, 0.2) is 12.1 Å². The highest BCUT2D eigenvalue weighted by Crippen LogP contribution is 2.39. The van der Waals surface area contributed by atoms with Gasteiger partial charge < -0.3 is 15.1 Å². The highest BCUT2D eigenvalue weighted by Gasteiger charge is 2.24. The van der Waals surface area contributed by atoms with Crippen molar-refractivity contribution in [2.75, 3.05) is 20.1 Å². The topological polar surface area (TPSA) is 107 Å². The number of carbonyl (C=O) groups excluding carboxylic acids is 2. The van der Waals surface area contributed by atoms with Gasteiger partial charge in [-0.15, -0.1) is 4.91 Å². The molecule has 29 heavy (non-hydrogen) atoms. The van der Waals surface area contributed by atoms with E-state index in [0.717, 1.165) is 12.1 Å². The van der Waals surface area contributed by atoms with Crippen molar-refractivity contribution in [3.8, 4) is 11.5 Å². The van der Waals surface area contributed by atoms with Crippen LogP contribution in [0.2, 0.25) is 0 Å². The zero-order valence-electron chi connectivity index (χ0n) is 15.8. The van der Waals surface area contributed by atoms with Crippen LogP contribution in [0.25, 0.3) is 11.6 Å². The first-order valence-corrected chi connectivity index (χ1v) is 9.02. The maximum absolute atomic E-state index is 12.7. The van der Waals surface area contributed by atoms with Crippen LogP contribution in [-0.2, 0) is 0 Å². The molecule has 2 aromatic rings. The zero-order chi connectivity index (χ0) is 21.0. The summed E-state index contributed by atoms with van der Waals surface area (Å²) in [4.78, 5) is 36.9. The van der Waals surface area contributed by atoms with Gasteiger partial charge >= 0.3 is 0 Å². The highest BCUT2D eigenvalue weighted by atomic mass is 16.3. The van der Waals surface area contributed by atoms with Crippen molar-refractivity contribution in [2.24, 2.45) is 5.18 Å². The summed E-state index contributed by atoms with van der Waals surface area (Å²) in [6.07, 6.45) is 5.69. The molecule has 0 saturated carbocycles. The number of likely N-dealkylation sites (N-methyl/N-ethyl adjacent to an activating group) is 1. The molecule has 0 aliphatic carbocycles. The van der Waals surface area contributed by atoms with E-state index in [1.807, 2.05) is 13.1 Å². The van der Waals surface area contributed by atoms with Crippen molar-refractivity contribution in [1.29, 1.82) is 0 Å². The Kier molecular flexibility index (Phi) is 5.99. The van der Waals surface area contributed by atoms with Crippen LogP contribution in [0.1, 0.15) is 38.3 Å². The molecule has 1 aliphatic rings. The van der Waals surface area contributed by atoms with Crippen molar-refractivity contribution in [3.05, 3.63) is 69.6 Å². The maximum Gasteiger partial charge on any atom is 0.193 e. The fourth-order valence-corrected chi connectivity index (χ4v) is 3.29. The molecule has 0 fully saturated rings. The number of phenolic OH excluding ortho intramolecular Hbond substituents is 2. The Morgan fingerprint density at radius 3 is 2.69 bits per heavy atom. The first-order valence-electron chi connectivity index (χ1n) is 9.02. The second-order valence-corrected chi connectivity index (χ2v) is 6.83. The Hall–Kier alpha value is -3.58. The molecule has 0 amide bonds. The van der Waals surface area contributed by atoms with E-state index in [1.54, 1.807) is 12.1 Å². The summed E-state index contributed by atoms with van der Waals surface area (Å²) in [5.74, 6) is -1.52. The number of ketones is 1. The number of rotatable bonds is 6. The van der Waals surface area contributed by atoms with Crippen molar-refractivity contribution < 1.29 is 19.8 Å². The molecule has 7 nitrogen and oxygen atoms in total. The summed E-state index contributed by atoms with van der Waals surface area (Å²) in [5.41, 5.74) is 1.67. The fourth-order valence-electron chi connectivity index (χ4n) is 3.29. The maximum atomic E-state index is 12.7. The van der Waals surface area contributed by atoms with Gasteiger partial charge in [-0.25, -0.2) is 0 Å². The van der Waals surface area contributed by atoms with Crippen LogP contribution in [0, 0.1) is 4.91 Å². The molecule has 3 rings (SSSR count). The van der Waals surface area contributed by atoms with Crippen LogP contribution >= 0.6 is 0 Å². The van der Waals surface area contributed by atoms with Gasteiger partial charge in [0.1, 0.15) is 22.7 Å². The molecule has 1 aliphatic heterocycles. The molecule has 7 heteroatoms. The normalized spacial score (nSPS) is 14.6. The first kappa shape index (κ1) is 20.2. The largest absolute Gasteiger partial charge is 0.507 e. The molecule has 0 radical (unpaired) electrons. The van der Waals surface area contributed by atoms with E-state index in [2.05, 4.69) is 10.1 Å². The minimum atomic E-state index is -0.628. The minimum absolute atomic E-state index is 0.126.